The van der Waals surface area contributed by atoms with E-state index in [-0.39, 0.29) is 5.97 Å². The molecular weight excluding hydrogens is 246 g/mol. The fourth-order valence-corrected chi connectivity index (χ4v) is 4.00. The molecule has 0 bridgehead atoms. The summed E-state index contributed by atoms with van der Waals surface area (Å²) < 4.78 is 4.71. The molecule has 0 spiro atoms. The van der Waals surface area contributed by atoms with Crippen LogP contribution >= 0.6 is 11.8 Å². The first-order valence-corrected chi connectivity index (χ1v) is 7.99. The molecule has 3 nitrogen and oxygen atoms in total. The molecule has 18 heavy (non-hydrogen) atoms. The van der Waals surface area contributed by atoms with Crippen molar-refractivity contribution in [1.82, 2.24) is 0 Å². The van der Waals surface area contributed by atoms with E-state index in [4.69, 9.17) is 10.5 Å². The van der Waals surface area contributed by atoms with Crippen LogP contribution < -0.4 is 5.73 Å². The topological polar surface area (TPSA) is 52.3 Å². The average molecular weight is 273 g/mol. The third kappa shape index (κ3) is 5.19. The van der Waals surface area contributed by atoms with Gasteiger partial charge in [0.05, 0.1) is 7.11 Å². The monoisotopic (exact) mass is 273 g/mol. The third-order valence-corrected chi connectivity index (χ3v) is 5.16. The van der Waals surface area contributed by atoms with Crippen molar-refractivity contribution in [2.75, 3.05) is 12.9 Å². The molecule has 1 fully saturated rings. The van der Waals surface area contributed by atoms with Gasteiger partial charge in [-0.3, -0.25) is 4.79 Å². The van der Waals surface area contributed by atoms with E-state index in [0.29, 0.717) is 6.42 Å². The second-order valence-corrected chi connectivity index (χ2v) is 7.19. The number of nitrogens with two attached hydrogens (primary N) is 1. The highest BCUT2D eigenvalue weighted by Gasteiger charge is 2.28. The molecule has 0 saturated heterocycles. The molecule has 0 aromatic heterocycles. The summed E-state index contributed by atoms with van der Waals surface area (Å²) in [6, 6.07) is 0. The molecule has 3 unspecified atom stereocenters. The molecular formula is C14H27NO2S. The molecule has 1 aliphatic carbocycles. The van der Waals surface area contributed by atoms with Crippen molar-refractivity contribution < 1.29 is 9.53 Å². The van der Waals surface area contributed by atoms with Gasteiger partial charge in [0.1, 0.15) is 5.54 Å². The van der Waals surface area contributed by atoms with E-state index in [9.17, 15) is 4.79 Å². The Morgan fingerprint density at radius 3 is 2.83 bits per heavy atom. The number of thioether (sulfide) groups is 1. The van der Waals surface area contributed by atoms with Crippen molar-refractivity contribution in [3.63, 3.8) is 0 Å². The third-order valence-electron chi connectivity index (χ3n) is 3.73. The highest BCUT2D eigenvalue weighted by Crippen LogP contribution is 2.32. The van der Waals surface area contributed by atoms with Gasteiger partial charge in [-0.15, -0.1) is 0 Å². The van der Waals surface area contributed by atoms with Crippen molar-refractivity contribution in [3.05, 3.63) is 0 Å². The smallest absolute Gasteiger partial charge is 0.325 e. The summed E-state index contributed by atoms with van der Waals surface area (Å²) >= 11 is 2.05. The van der Waals surface area contributed by atoms with Crippen LogP contribution in [0.1, 0.15) is 52.4 Å². The Kier molecular flexibility index (Phi) is 6.50. The molecule has 0 heterocycles. The van der Waals surface area contributed by atoms with E-state index in [0.717, 1.165) is 23.3 Å². The minimum Gasteiger partial charge on any atom is -0.468 e. The maximum Gasteiger partial charge on any atom is 0.325 e. The van der Waals surface area contributed by atoms with Crippen molar-refractivity contribution in [2.24, 2.45) is 11.7 Å². The number of carbonyl (C=O) groups is 1. The lowest BCUT2D eigenvalue weighted by molar-refractivity contribution is -0.146. The number of hydrogen-bond acceptors (Lipinski definition) is 4. The van der Waals surface area contributed by atoms with Gasteiger partial charge in [-0.25, -0.2) is 0 Å². The highest BCUT2D eigenvalue weighted by molar-refractivity contribution is 7.99. The Morgan fingerprint density at radius 1 is 1.50 bits per heavy atom. The Balaban J connectivity index is 2.16. The van der Waals surface area contributed by atoms with Crippen LogP contribution in [0.3, 0.4) is 0 Å². The van der Waals surface area contributed by atoms with Crippen LogP contribution in [0.2, 0.25) is 0 Å². The van der Waals surface area contributed by atoms with Crippen LogP contribution in [0.15, 0.2) is 0 Å². The molecule has 0 amide bonds. The minimum atomic E-state index is -0.824. The van der Waals surface area contributed by atoms with Crippen molar-refractivity contribution in [1.29, 1.82) is 0 Å². The van der Waals surface area contributed by atoms with Crippen LogP contribution in [0.5, 0.6) is 0 Å². The second kappa shape index (κ2) is 7.39. The first-order chi connectivity index (χ1) is 8.45. The molecule has 1 saturated carbocycles. The number of ether oxygens (including phenoxy) is 1. The van der Waals surface area contributed by atoms with Gasteiger partial charge in [-0.05, 0) is 44.3 Å². The summed E-state index contributed by atoms with van der Waals surface area (Å²) in [6.07, 6.45) is 7.15. The van der Waals surface area contributed by atoms with E-state index in [1.165, 1.54) is 32.8 Å². The zero-order chi connectivity index (χ0) is 13.6. The number of methoxy groups -OCH3 is 1. The molecule has 1 rings (SSSR count). The van der Waals surface area contributed by atoms with E-state index in [1.807, 2.05) is 0 Å². The van der Waals surface area contributed by atoms with E-state index >= 15 is 0 Å². The maximum atomic E-state index is 11.4. The van der Waals surface area contributed by atoms with E-state index < -0.39 is 5.54 Å². The predicted octanol–water partition coefficient (Wildman–Crippen LogP) is 2.97. The van der Waals surface area contributed by atoms with Gasteiger partial charge in [-0.1, -0.05) is 19.8 Å². The van der Waals surface area contributed by atoms with Gasteiger partial charge in [0.2, 0.25) is 0 Å². The molecule has 0 radical (unpaired) electrons. The second-order valence-electron chi connectivity index (χ2n) is 5.78. The Hall–Kier alpha value is -0.220. The van der Waals surface area contributed by atoms with E-state index in [2.05, 4.69) is 18.7 Å². The fourth-order valence-electron chi connectivity index (χ4n) is 2.55. The molecule has 1 aliphatic rings. The minimum absolute atomic E-state index is 0.307. The van der Waals surface area contributed by atoms with Crippen LogP contribution in [0.25, 0.3) is 0 Å². The SMILES string of the molecule is COC(=O)C(C)(N)CCCSC1CCCC(C)C1. The number of esters is 1. The van der Waals surface area contributed by atoms with Crippen LogP contribution in [0, 0.1) is 5.92 Å². The Bertz CT molecular complexity index is 269. The van der Waals surface area contributed by atoms with Gasteiger partial charge in [-0.2, -0.15) is 11.8 Å². The molecule has 2 N–H and O–H groups in total. The number of hydrogen-bond donors (Lipinski definition) is 1. The summed E-state index contributed by atoms with van der Waals surface area (Å²) in [6.45, 7) is 4.10. The lowest BCUT2D eigenvalue weighted by Crippen LogP contribution is -2.45. The molecule has 106 valence electrons. The molecule has 0 aliphatic heterocycles. The summed E-state index contributed by atoms with van der Waals surface area (Å²) in [5, 5.41) is 0.816. The van der Waals surface area contributed by atoms with Gasteiger partial charge in [0.15, 0.2) is 0 Å². The highest BCUT2D eigenvalue weighted by atomic mass is 32.2. The Labute approximate surface area is 115 Å². The van der Waals surface area contributed by atoms with Crippen LogP contribution in [-0.4, -0.2) is 29.6 Å². The lowest BCUT2D eigenvalue weighted by Gasteiger charge is -2.26. The fraction of sp³-hybridized carbons (Fsp3) is 0.929. The van der Waals surface area contributed by atoms with E-state index in [1.54, 1.807) is 6.92 Å². The molecule has 0 aromatic carbocycles. The normalized spacial score (nSPS) is 27.6. The molecule has 3 atom stereocenters. The van der Waals surface area contributed by atoms with Crippen molar-refractivity contribution in [3.8, 4) is 0 Å². The van der Waals surface area contributed by atoms with Crippen molar-refractivity contribution >= 4 is 17.7 Å². The largest absolute Gasteiger partial charge is 0.468 e. The van der Waals surface area contributed by atoms with Crippen LogP contribution in [0.4, 0.5) is 0 Å². The zero-order valence-corrected chi connectivity index (χ0v) is 12.7. The quantitative estimate of drug-likeness (QED) is 0.597. The van der Waals surface area contributed by atoms with Gasteiger partial charge in [0, 0.05) is 5.25 Å². The average Bonchev–Trinajstić information content (AvgIpc) is 2.33. The van der Waals surface area contributed by atoms with Gasteiger partial charge in [0.25, 0.3) is 0 Å². The van der Waals surface area contributed by atoms with Crippen molar-refractivity contribution in [2.45, 2.75) is 63.2 Å². The zero-order valence-electron chi connectivity index (χ0n) is 11.9. The molecule has 0 aromatic rings. The maximum absolute atomic E-state index is 11.4. The van der Waals surface area contributed by atoms with Gasteiger partial charge >= 0.3 is 5.97 Å². The summed E-state index contributed by atoms with van der Waals surface area (Å²) in [7, 11) is 1.39. The first-order valence-electron chi connectivity index (χ1n) is 6.94. The van der Waals surface area contributed by atoms with Crippen LogP contribution in [-0.2, 0) is 9.53 Å². The summed E-state index contributed by atoms with van der Waals surface area (Å²) in [5.41, 5.74) is 5.10. The standard InChI is InChI=1S/C14H27NO2S/c1-11-6-4-7-12(10-11)18-9-5-8-14(2,15)13(16)17-3/h11-12H,4-10,15H2,1-3H3. The molecule has 4 heteroatoms. The number of carbonyl (C=O) groups excluding carboxylic acids is 1. The summed E-state index contributed by atoms with van der Waals surface area (Å²) in [5.74, 6) is 1.67. The predicted molar refractivity (Wildman–Crippen MR) is 77.7 cm³/mol. The lowest BCUT2D eigenvalue weighted by atomic mass is 9.91. The number of rotatable bonds is 6. The Morgan fingerprint density at radius 2 is 2.22 bits per heavy atom. The van der Waals surface area contributed by atoms with Gasteiger partial charge < -0.3 is 10.5 Å². The first kappa shape index (κ1) is 15.8. The summed E-state index contributed by atoms with van der Waals surface area (Å²) in [4.78, 5) is 11.4.